The van der Waals surface area contributed by atoms with Crippen LogP contribution in [0.5, 0.6) is 0 Å². The number of carbonyl (C=O) groups is 1. The van der Waals surface area contributed by atoms with Gasteiger partial charge in [0.15, 0.2) is 0 Å². The van der Waals surface area contributed by atoms with E-state index in [2.05, 4.69) is 11.4 Å². The summed E-state index contributed by atoms with van der Waals surface area (Å²) in [7, 11) is 0. The van der Waals surface area contributed by atoms with Crippen LogP contribution >= 0.6 is 11.6 Å². The quantitative estimate of drug-likeness (QED) is 0.897. The maximum Gasteiger partial charge on any atom is 0.226 e. The monoisotopic (exact) mass is 321 g/mol. The fourth-order valence-corrected chi connectivity index (χ4v) is 4.04. The molecule has 2 aliphatic rings. The van der Waals surface area contributed by atoms with Gasteiger partial charge in [0.2, 0.25) is 5.91 Å². The normalized spacial score (nSPS) is 28.8. The van der Waals surface area contributed by atoms with E-state index in [4.69, 9.17) is 17.3 Å². The van der Waals surface area contributed by atoms with Crippen molar-refractivity contribution in [2.75, 3.05) is 26.2 Å². The van der Waals surface area contributed by atoms with Crippen LogP contribution in [-0.2, 0) is 4.79 Å². The Hall–Kier alpha value is -1.10. The third kappa shape index (κ3) is 3.14. The number of hydrogen-bond donors (Lipinski definition) is 2. The van der Waals surface area contributed by atoms with Crippen LogP contribution in [0.25, 0.3) is 0 Å². The van der Waals surface area contributed by atoms with Crippen LogP contribution in [0.15, 0.2) is 24.3 Å². The second-order valence-electron chi connectivity index (χ2n) is 6.34. The molecule has 0 spiro atoms. The van der Waals surface area contributed by atoms with E-state index in [-0.39, 0.29) is 17.9 Å². The number of nitrogens with two attached hydrogens (primary N) is 1. The Balaban J connectivity index is 1.82. The van der Waals surface area contributed by atoms with Crippen molar-refractivity contribution in [3.8, 4) is 0 Å². The number of carbonyl (C=O) groups excluding carboxylic acids is 1. The highest BCUT2D eigenvalue weighted by molar-refractivity contribution is 6.30. The summed E-state index contributed by atoms with van der Waals surface area (Å²) in [5.74, 6) is 0.728. The number of nitrogens with zero attached hydrogens (tertiary/aromatic N) is 1. The van der Waals surface area contributed by atoms with Crippen molar-refractivity contribution in [3.05, 3.63) is 34.9 Å². The first-order chi connectivity index (χ1) is 10.7. The molecule has 1 unspecified atom stereocenters. The van der Waals surface area contributed by atoms with Crippen molar-refractivity contribution < 1.29 is 4.79 Å². The SMILES string of the molecule is NC[C@H]1CCC[C@H]1C(=O)N1CCNCC1c1cccc(Cl)c1. The van der Waals surface area contributed by atoms with Gasteiger partial charge < -0.3 is 16.0 Å². The standard InChI is InChI=1S/C17H24ClN3O/c18-14-5-1-3-12(9-14)16-11-20-7-8-21(16)17(22)15-6-2-4-13(15)10-19/h1,3,5,9,13,15-16,20H,2,4,6-8,10-11,19H2/t13-,15-,16?/m1/s1. The molecule has 1 aromatic rings. The van der Waals surface area contributed by atoms with Gasteiger partial charge in [-0.3, -0.25) is 4.79 Å². The highest BCUT2D eigenvalue weighted by atomic mass is 35.5. The second kappa shape index (κ2) is 6.99. The maximum atomic E-state index is 13.0. The van der Waals surface area contributed by atoms with Crippen molar-refractivity contribution >= 4 is 17.5 Å². The minimum Gasteiger partial charge on any atom is -0.333 e. The van der Waals surface area contributed by atoms with Gasteiger partial charge in [-0.25, -0.2) is 0 Å². The Kier molecular flexibility index (Phi) is 5.01. The van der Waals surface area contributed by atoms with Crippen molar-refractivity contribution in [2.45, 2.75) is 25.3 Å². The summed E-state index contributed by atoms with van der Waals surface area (Å²) in [6.07, 6.45) is 3.18. The molecule has 4 nitrogen and oxygen atoms in total. The predicted molar refractivity (Wildman–Crippen MR) is 88.7 cm³/mol. The van der Waals surface area contributed by atoms with Crippen LogP contribution in [-0.4, -0.2) is 37.0 Å². The third-order valence-corrected chi connectivity index (χ3v) is 5.27. The molecule has 3 rings (SSSR count). The summed E-state index contributed by atoms with van der Waals surface area (Å²) in [6, 6.07) is 7.91. The second-order valence-corrected chi connectivity index (χ2v) is 6.78. The Morgan fingerprint density at radius 3 is 3.05 bits per heavy atom. The number of benzene rings is 1. The lowest BCUT2D eigenvalue weighted by Gasteiger charge is -2.39. The Labute approximate surface area is 137 Å². The van der Waals surface area contributed by atoms with Crippen LogP contribution in [0.2, 0.25) is 5.02 Å². The van der Waals surface area contributed by atoms with Gasteiger partial charge in [0.1, 0.15) is 0 Å². The maximum absolute atomic E-state index is 13.0. The van der Waals surface area contributed by atoms with Gasteiger partial charge in [0.25, 0.3) is 0 Å². The number of hydrogen-bond acceptors (Lipinski definition) is 3. The molecule has 1 heterocycles. The molecule has 3 N–H and O–H groups in total. The Morgan fingerprint density at radius 1 is 1.41 bits per heavy atom. The molecule has 1 amide bonds. The zero-order valence-electron chi connectivity index (χ0n) is 12.8. The zero-order chi connectivity index (χ0) is 15.5. The summed E-state index contributed by atoms with van der Waals surface area (Å²) in [5, 5.41) is 4.11. The molecule has 3 atom stereocenters. The summed E-state index contributed by atoms with van der Waals surface area (Å²) < 4.78 is 0. The molecule has 0 aromatic heterocycles. The topological polar surface area (TPSA) is 58.4 Å². The Morgan fingerprint density at radius 2 is 2.27 bits per heavy atom. The van der Waals surface area contributed by atoms with Crippen molar-refractivity contribution in [2.24, 2.45) is 17.6 Å². The van der Waals surface area contributed by atoms with E-state index >= 15 is 0 Å². The minimum atomic E-state index is 0.0685. The van der Waals surface area contributed by atoms with E-state index in [1.807, 2.05) is 23.1 Å². The molecule has 1 saturated carbocycles. The first-order valence-electron chi connectivity index (χ1n) is 8.17. The third-order valence-electron chi connectivity index (χ3n) is 5.04. The van der Waals surface area contributed by atoms with Gasteiger partial charge in [0, 0.05) is 30.6 Å². The van der Waals surface area contributed by atoms with Crippen LogP contribution in [0, 0.1) is 11.8 Å². The smallest absolute Gasteiger partial charge is 0.226 e. The number of amides is 1. The molecule has 2 fully saturated rings. The lowest BCUT2D eigenvalue weighted by molar-refractivity contribution is -0.140. The molecule has 1 aliphatic heterocycles. The number of halogens is 1. The first kappa shape index (κ1) is 15.8. The highest BCUT2D eigenvalue weighted by Gasteiger charge is 2.38. The lowest BCUT2D eigenvalue weighted by Crippen LogP contribution is -2.51. The van der Waals surface area contributed by atoms with E-state index in [1.165, 1.54) is 0 Å². The minimum absolute atomic E-state index is 0.0685. The summed E-state index contributed by atoms with van der Waals surface area (Å²) in [4.78, 5) is 15.1. The van der Waals surface area contributed by atoms with Crippen LogP contribution in [0.4, 0.5) is 0 Å². The van der Waals surface area contributed by atoms with Gasteiger partial charge in [-0.2, -0.15) is 0 Å². The number of nitrogens with one attached hydrogen (secondary N) is 1. The molecule has 1 aromatic carbocycles. The predicted octanol–water partition coefficient (Wildman–Crippen LogP) is 2.19. The average Bonchev–Trinajstić information content (AvgIpc) is 3.03. The summed E-state index contributed by atoms with van der Waals surface area (Å²) in [5.41, 5.74) is 6.96. The molecule has 1 saturated heterocycles. The van der Waals surface area contributed by atoms with Gasteiger partial charge in [-0.15, -0.1) is 0 Å². The summed E-state index contributed by atoms with van der Waals surface area (Å²) >= 11 is 6.12. The van der Waals surface area contributed by atoms with E-state index in [1.54, 1.807) is 0 Å². The summed E-state index contributed by atoms with van der Waals surface area (Å²) in [6.45, 7) is 3.00. The van der Waals surface area contributed by atoms with Crippen LogP contribution in [0.1, 0.15) is 30.9 Å². The van der Waals surface area contributed by atoms with E-state index < -0.39 is 0 Å². The van der Waals surface area contributed by atoms with Gasteiger partial charge in [-0.05, 0) is 43.0 Å². The van der Waals surface area contributed by atoms with Gasteiger partial charge in [0.05, 0.1) is 6.04 Å². The molecule has 1 aliphatic carbocycles. The largest absolute Gasteiger partial charge is 0.333 e. The molecular formula is C17H24ClN3O. The van der Waals surface area contributed by atoms with E-state index in [0.29, 0.717) is 12.5 Å². The first-order valence-corrected chi connectivity index (χ1v) is 8.55. The molecule has 120 valence electrons. The molecule has 0 bridgehead atoms. The Bertz CT molecular complexity index is 536. The fraction of sp³-hybridized carbons (Fsp3) is 0.588. The van der Waals surface area contributed by atoms with E-state index in [9.17, 15) is 4.79 Å². The average molecular weight is 322 g/mol. The van der Waals surface area contributed by atoms with Gasteiger partial charge >= 0.3 is 0 Å². The van der Waals surface area contributed by atoms with Crippen molar-refractivity contribution in [3.63, 3.8) is 0 Å². The van der Waals surface area contributed by atoms with Crippen LogP contribution in [0.3, 0.4) is 0 Å². The molecule has 22 heavy (non-hydrogen) atoms. The van der Waals surface area contributed by atoms with Crippen molar-refractivity contribution in [1.82, 2.24) is 10.2 Å². The number of rotatable bonds is 3. The molecular weight excluding hydrogens is 298 g/mol. The van der Waals surface area contributed by atoms with Crippen molar-refractivity contribution in [1.29, 1.82) is 0 Å². The van der Waals surface area contributed by atoms with Crippen LogP contribution < -0.4 is 11.1 Å². The molecule has 5 heteroatoms. The number of piperazine rings is 1. The fourth-order valence-electron chi connectivity index (χ4n) is 3.84. The van der Waals surface area contributed by atoms with Gasteiger partial charge in [-0.1, -0.05) is 30.2 Å². The molecule has 0 radical (unpaired) electrons. The highest BCUT2D eigenvalue weighted by Crippen LogP contribution is 2.35. The lowest BCUT2D eigenvalue weighted by atomic mass is 9.92. The van der Waals surface area contributed by atoms with E-state index in [0.717, 1.165) is 49.5 Å². The zero-order valence-corrected chi connectivity index (χ0v) is 13.6.